The largest absolute Gasteiger partial charge is 0.469 e. The lowest BCUT2D eigenvalue weighted by Crippen LogP contribution is -2.05. The van der Waals surface area contributed by atoms with E-state index in [1.54, 1.807) is 0 Å². The van der Waals surface area contributed by atoms with Gasteiger partial charge in [-0.15, -0.1) is 0 Å². The molecule has 1 atom stereocenters. The van der Waals surface area contributed by atoms with Crippen molar-refractivity contribution < 1.29 is 9.53 Å². The van der Waals surface area contributed by atoms with Gasteiger partial charge in [-0.1, -0.05) is 0 Å². The SMILES string of the molecule is COC(=O)CCCC(C)[NH]. The van der Waals surface area contributed by atoms with Crippen LogP contribution in [0.3, 0.4) is 0 Å². The fraction of sp³-hybridized carbons (Fsp3) is 0.857. The predicted octanol–water partition coefficient (Wildman–Crippen LogP) is 1.00. The Bertz CT molecular complexity index is 102. The van der Waals surface area contributed by atoms with Crippen molar-refractivity contribution in [1.82, 2.24) is 5.73 Å². The third-order valence-corrected chi connectivity index (χ3v) is 1.25. The van der Waals surface area contributed by atoms with Gasteiger partial charge in [0.15, 0.2) is 0 Å². The maximum absolute atomic E-state index is 10.5. The van der Waals surface area contributed by atoms with Crippen LogP contribution in [0.4, 0.5) is 0 Å². The molecule has 10 heavy (non-hydrogen) atoms. The van der Waals surface area contributed by atoms with Gasteiger partial charge in [0, 0.05) is 12.5 Å². The Hall–Kier alpha value is -0.570. The number of carbonyl (C=O) groups excluding carboxylic acids is 1. The molecule has 0 aliphatic heterocycles. The number of esters is 1. The number of carbonyl (C=O) groups is 1. The van der Waals surface area contributed by atoms with Gasteiger partial charge in [0.1, 0.15) is 0 Å². The molecule has 0 heterocycles. The van der Waals surface area contributed by atoms with Crippen LogP contribution in [0.1, 0.15) is 26.2 Å². The molecule has 0 aromatic rings. The minimum atomic E-state index is -0.180. The standard InChI is InChI=1S/C7H14NO2/c1-6(8)4-3-5-7(9)10-2/h6,8H,3-5H2,1-2H3. The van der Waals surface area contributed by atoms with E-state index in [1.807, 2.05) is 6.92 Å². The maximum Gasteiger partial charge on any atom is 0.305 e. The fourth-order valence-corrected chi connectivity index (χ4v) is 0.655. The first-order valence-corrected chi connectivity index (χ1v) is 3.44. The highest BCUT2D eigenvalue weighted by Gasteiger charge is 2.00. The molecule has 0 saturated carbocycles. The smallest absolute Gasteiger partial charge is 0.305 e. The molecule has 0 bridgehead atoms. The van der Waals surface area contributed by atoms with Crippen LogP contribution in [0.15, 0.2) is 0 Å². The summed E-state index contributed by atoms with van der Waals surface area (Å²) in [5.41, 5.74) is 7.13. The number of rotatable bonds is 4. The number of hydrogen-bond donors (Lipinski definition) is 0. The van der Waals surface area contributed by atoms with Gasteiger partial charge in [0.25, 0.3) is 0 Å². The zero-order valence-electron chi connectivity index (χ0n) is 6.52. The first-order valence-electron chi connectivity index (χ1n) is 3.44. The number of methoxy groups -OCH3 is 1. The molecule has 0 saturated heterocycles. The quantitative estimate of drug-likeness (QED) is 0.553. The summed E-state index contributed by atoms with van der Waals surface area (Å²) in [5, 5.41) is 0. The van der Waals surface area contributed by atoms with Gasteiger partial charge in [-0.2, -0.15) is 0 Å². The molecule has 0 spiro atoms. The Balaban J connectivity index is 3.12. The van der Waals surface area contributed by atoms with Crippen molar-refractivity contribution in [3.05, 3.63) is 0 Å². The van der Waals surface area contributed by atoms with Crippen LogP contribution in [-0.2, 0) is 9.53 Å². The molecule has 3 heteroatoms. The summed E-state index contributed by atoms with van der Waals surface area (Å²) in [4.78, 5) is 10.5. The minimum Gasteiger partial charge on any atom is -0.469 e. The van der Waals surface area contributed by atoms with Crippen LogP contribution in [0.2, 0.25) is 0 Å². The molecule has 1 N–H and O–H groups in total. The third kappa shape index (κ3) is 5.56. The lowest BCUT2D eigenvalue weighted by molar-refractivity contribution is -0.140. The molecule has 0 aliphatic carbocycles. The molecule has 59 valence electrons. The van der Waals surface area contributed by atoms with Crippen molar-refractivity contribution in [2.75, 3.05) is 7.11 Å². The second kappa shape index (κ2) is 5.23. The average Bonchev–Trinajstić information content (AvgIpc) is 1.87. The van der Waals surface area contributed by atoms with Gasteiger partial charge in [-0.25, -0.2) is 0 Å². The van der Waals surface area contributed by atoms with E-state index in [2.05, 4.69) is 4.74 Å². The highest BCUT2D eigenvalue weighted by Crippen LogP contribution is 1.99. The van der Waals surface area contributed by atoms with Crippen LogP contribution in [0.5, 0.6) is 0 Å². The summed E-state index contributed by atoms with van der Waals surface area (Å²) in [6.07, 6.45) is 1.98. The Morgan fingerprint density at radius 2 is 2.30 bits per heavy atom. The van der Waals surface area contributed by atoms with Crippen LogP contribution < -0.4 is 5.73 Å². The van der Waals surface area contributed by atoms with E-state index in [4.69, 9.17) is 5.73 Å². The van der Waals surface area contributed by atoms with Gasteiger partial charge in [-0.05, 0) is 19.8 Å². The van der Waals surface area contributed by atoms with Gasteiger partial charge < -0.3 is 4.74 Å². The maximum atomic E-state index is 10.5. The van der Waals surface area contributed by atoms with Crippen molar-refractivity contribution in [3.8, 4) is 0 Å². The van der Waals surface area contributed by atoms with E-state index in [9.17, 15) is 4.79 Å². The molecule has 0 rings (SSSR count). The van der Waals surface area contributed by atoms with Crippen molar-refractivity contribution in [2.24, 2.45) is 0 Å². The average molecular weight is 144 g/mol. The molecule has 1 radical (unpaired) electrons. The van der Waals surface area contributed by atoms with Crippen LogP contribution in [0.25, 0.3) is 0 Å². The summed E-state index contributed by atoms with van der Waals surface area (Å²) < 4.78 is 4.43. The highest BCUT2D eigenvalue weighted by molar-refractivity contribution is 5.68. The monoisotopic (exact) mass is 144 g/mol. The number of nitrogens with one attached hydrogen (secondary N) is 1. The molecule has 0 amide bonds. The summed E-state index contributed by atoms with van der Waals surface area (Å²) in [6.45, 7) is 1.82. The first kappa shape index (κ1) is 9.43. The molecule has 0 aromatic carbocycles. The predicted molar refractivity (Wildman–Crippen MR) is 38.4 cm³/mol. The van der Waals surface area contributed by atoms with Crippen molar-refractivity contribution in [1.29, 1.82) is 0 Å². The lowest BCUT2D eigenvalue weighted by atomic mass is 10.1. The number of ether oxygens (including phenoxy) is 1. The van der Waals surface area contributed by atoms with E-state index >= 15 is 0 Å². The molecule has 0 aliphatic rings. The topological polar surface area (TPSA) is 50.1 Å². The molecule has 3 nitrogen and oxygen atoms in total. The van der Waals surface area contributed by atoms with Crippen molar-refractivity contribution >= 4 is 5.97 Å². The van der Waals surface area contributed by atoms with Crippen molar-refractivity contribution in [3.63, 3.8) is 0 Å². The Morgan fingerprint density at radius 1 is 1.70 bits per heavy atom. The van der Waals surface area contributed by atoms with E-state index in [1.165, 1.54) is 7.11 Å². The molecule has 0 aromatic heterocycles. The summed E-state index contributed by atoms with van der Waals surface area (Å²) in [5.74, 6) is -0.180. The molecular weight excluding hydrogens is 130 g/mol. The second-order valence-electron chi connectivity index (χ2n) is 2.37. The van der Waals surface area contributed by atoms with Crippen LogP contribution in [-0.4, -0.2) is 19.1 Å². The van der Waals surface area contributed by atoms with Crippen LogP contribution in [0, 0.1) is 0 Å². The van der Waals surface area contributed by atoms with E-state index in [-0.39, 0.29) is 12.0 Å². The highest BCUT2D eigenvalue weighted by atomic mass is 16.5. The van der Waals surface area contributed by atoms with Gasteiger partial charge >= 0.3 is 5.97 Å². The lowest BCUT2D eigenvalue weighted by Gasteiger charge is -2.01. The molecular formula is C7H14NO2. The Kier molecular flexibility index (Phi) is 4.94. The summed E-state index contributed by atoms with van der Waals surface area (Å²) >= 11 is 0. The van der Waals surface area contributed by atoms with Gasteiger partial charge in [-0.3, -0.25) is 10.5 Å². The Labute approximate surface area is 61.5 Å². The first-order chi connectivity index (χ1) is 4.66. The molecule has 0 fully saturated rings. The number of hydrogen-bond acceptors (Lipinski definition) is 2. The van der Waals surface area contributed by atoms with E-state index in [0.29, 0.717) is 6.42 Å². The summed E-state index contributed by atoms with van der Waals surface area (Å²) in [6, 6.07) is -0.0651. The third-order valence-electron chi connectivity index (χ3n) is 1.25. The molecule has 1 unspecified atom stereocenters. The van der Waals surface area contributed by atoms with Gasteiger partial charge in [0.2, 0.25) is 0 Å². The summed E-state index contributed by atoms with van der Waals surface area (Å²) in [7, 11) is 1.38. The normalized spacial score (nSPS) is 12.7. The van der Waals surface area contributed by atoms with Gasteiger partial charge in [0.05, 0.1) is 7.11 Å². The van der Waals surface area contributed by atoms with Crippen LogP contribution >= 0.6 is 0 Å². The zero-order valence-corrected chi connectivity index (χ0v) is 6.52. The zero-order chi connectivity index (χ0) is 7.98. The van der Waals surface area contributed by atoms with E-state index in [0.717, 1.165) is 12.8 Å². The van der Waals surface area contributed by atoms with Crippen molar-refractivity contribution in [2.45, 2.75) is 32.2 Å². The Morgan fingerprint density at radius 3 is 2.70 bits per heavy atom. The second-order valence-corrected chi connectivity index (χ2v) is 2.37. The van der Waals surface area contributed by atoms with E-state index < -0.39 is 0 Å². The minimum absolute atomic E-state index is 0.0651. The fourth-order valence-electron chi connectivity index (χ4n) is 0.655.